The quantitative estimate of drug-likeness (QED) is 0.416. The molecule has 11 nitrogen and oxygen atoms in total. The molecule has 2 aromatic heterocycles. The van der Waals surface area contributed by atoms with Crippen LogP contribution in [0.4, 0.5) is 10.6 Å². The maximum Gasteiger partial charge on any atom is 0.410 e. The third-order valence-corrected chi connectivity index (χ3v) is 7.75. The molecule has 244 valence electrons. The molecule has 0 aromatic carbocycles. The van der Waals surface area contributed by atoms with Gasteiger partial charge in [-0.25, -0.2) is 14.8 Å². The fraction of sp³-hybridized carbons (Fsp3) is 0.697. The summed E-state index contributed by atoms with van der Waals surface area (Å²) in [7, 11) is 0. The summed E-state index contributed by atoms with van der Waals surface area (Å²) in [4.78, 5) is 43.5. The standard InChI is InChI=1S/C33H52N6O5/c1-23(2)19-39(29(40)27-18-35-30(32(3,4)5)36-28(27)34-17-26-10-9-13-43-26)25-16-24(20-37-11-14-42-15-12-37)21-38(22-25)31(41)44-33(6,7)8/h9-10,13,18,23-25H,11-12,14-17,19-22H2,1-8H3,(H,34,35,36)/t24-,25-/m0/s1. The summed E-state index contributed by atoms with van der Waals surface area (Å²) in [6.45, 7) is 21.9. The van der Waals surface area contributed by atoms with Crippen LogP contribution in [0.1, 0.15) is 83.8 Å². The first-order chi connectivity index (χ1) is 20.7. The highest BCUT2D eigenvalue weighted by molar-refractivity contribution is 5.98. The zero-order valence-electron chi connectivity index (χ0n) is 27.9. The Morgan fingerprint density at radius 1 is 1.14 bits per heavy atom. The zero-order valence-corrected chi connectivity index (χ0v) is 27.9. The Bertz CT molecular complexity index is 1230. The van der Waals surface area contributed by atoms with Gasteiger partial charge >= 0.3 is 6.09 Å². The molecular formula is C33H52N6O5. The van der Waals surface area contributed by atoms with Gasteiger partial charge in [0.1, 0.15) is 28.6 Å². The van der Waals surface area contributed by atoms with E-state index in [4.69, 9.17) is 18.9 Å². The summed E-state index contributed by atoms with van der Waals surface area (Å²) < 4.78 is 16.9. The highest BCUT2D eigenvalue weighted by Crippen LogP contribution is 2.29. The van der Waals surface area contributed by atoms with Crippen molar-refractivity contribution in [2.24, 2.45) is 11.8 Å². The Labute approximate surface area is 262 Å². The van der Waals surface area contributed by atoms with Gasteiger partial charge in [0.25, 0.3) is 5.91 Å². The van der Waals surface area contributed by atoms with E-state index < -0.39 is 5.60 Å². The van der Waals surface area contributed by atoms with Gasteiger partial charge in [-0.15, -0.1) is 0 Å². The molecule has 2 saturated heterocycles. The van der Waals surface area contributed by atoms with Crippen molar-refractivity contribution in [2.45, 2.75) is 85.4 Å². The molecule has 2 aliphatic rings. The van der Waals surface area contributed by atoms with Crippen molar-refractivity contribution < 1.29 is 23.5 Å². The van der Waals surface area contributed by atoms with Gasteiger partial charge in [-0.2, -0.15) is 0 Å². The van der Waals surface area contributed by atoms with Crippen molar-refractivity contribution >= 4 is 17.8 Å². The Morgan fingerprint density at radius 3 is 2.48 bits per heavy atom. The van der Waals surface area contributed by atoms with E-state index in [0.717, 1.165) is 31.8 Å². The van der Waals surface area contributed by atoms with Gasteiger partial charge in [-0.1, -0.05) is 34.6 Å². The van der Waals surface area contributed by atoms with Crippen molar-refractivity contribution in [2.75, 3.05) is 57.8 Å². The number of aromatic nitrogens is 2. The average Bonchev–Trinajstić information content (AvgIpc) is 3.47. The van der Waals surface area contributed by atoms with Crippen molar-refractivity contribution in [1.29, 1.82) is 0 Å². The van der Waals surface area contributed by atoms with Crippen LogP contribution in [0.15, 0.2) is 29.0 Å². The fourth-order valence-corrected chi connectivity index (χ4v) is 5.72. The minimum Gasteiger partial charge on any atom is -0.467 e. The van der Waals surface area contributed by atoms with E-state index in [1.807, 2.05) is 58.6 Å². The van der Waals surface area contributed by atoms with Crippen molar-refractivity contribution in [3.63, 3.8) is 0 Å². The Hall–Kier alpha value is -3.18. The van der Waals surface area contributed by atoms with E-state index in [1.165, 1.54) is 0 Å². The van der Waals surface area contributed by atoms with Crippen LogP contribution in [0.3, 0.4) is 0 Å². The second-order valence-electron chi connectivity index (χ2n) is 14.5. The first kappa shape index (κ1) is 33.7. The van der Waals surface area contributed by atoms with Crippen LogP contribution in [-0.4, -0.2) is 101 Å². The number of ether oxygens (including phenoxy) is 2. The molecule has 2 aliphatic heterocycles. The van der Waals surface area contributed by atoms with Gasteiger partial charge in [0, 0.05) is 50.9 Å². The molecule has 0 radical (unpaired) electrons. The Balaban J connectivity index is 1.65. The van der Waals surface area contributed by atoms with Gasteiger partial charge in [0.15, 0.2) is 0 Å². The van der Waals surface area contributed by atoms with E-state index in [0.29, 0.717) is 56.6 Å². The lowest BCUT2D eigenvalue weighted by Crippen LogP contribution is -2.57. The van der Waals surface area contributed by atoms with E-state index >= 15 is 0 Å². The number of furan rings is 1. The number of carbonyl (C=O) groups excluding carboxylic acids is 2. The van der Waals surface area contributed by atoms with E-state index in [1.54, 1.807) is 17.4 Å². The number of likely N-dealkylation sites (tertiary alicyclic amines) is 1. The van der Waals surface area contributed by atoms with Crippen LogP contribution < -0.4 is 5.32 Å². The number of hydrogen-bond acceptors (Lipinski definition) is 9. The number of anilines is 1. The summed E-state index contributed by atoms with van der Waals surface area (Å²) >= 11 is 0. The van der Waals surface area contributed by atoms with Gasteiger partial charge in [-0.05, 0) is 51.2 Å². The monoisotopic (exact) mass is 612 g/mol. The first-order valence-electron chi connectivity index (χ1n) is 15.9. The molecule has 0 aliphatic carbocycles. The number of hydrogen-bond donors (Lipinski definition) is 1. The minimum atomic E-state index is -0.613. The topological polar surface area (TPSA) is 113 Å². The second-order valence-corrected chi connectivity index (χ2v) is 14.5. The fourth-order valence-electron chi connectivity index (χ4n) is 5.72. The molecule has 11 heteroatoms. The summed E-state index contributed by atoms with van der Waals surface area (Å²) in [6.07, 6.45) is 3.71. The van der Waals surface area contributed by atoms with Crippen LogP contribution in [0.2, 0.25) is 0 Å². The molecule has 4 rings (SSSR count). The van der Waals surface area contributed by atoms with Crippen LogP contribution in [-0.2, 0) is 21.4 Å². The summed E-state index contributed by atoms with van der Waals surface area (Å²) in [6, 6.07) is 3.52. The van der Waals surface area contributed by atoms with Crippen LogP contribution in [0, 0.1) is 11.8 Å². The molecule has 4 heterocycles. The molecule has 2 amide bonds. The number of piperidine rings is 1. The van der Waals surface area contributed by atoms with Gasteiger partial charge < -0.3 is 29.0 Å². The van der Waals surface area contributed by atoms with Gasteiger partial charge in [0.2, 0.25) is 0 Å². The highest BCUT2D eigenvalue weighted by atomic mass is 16.6. The normalized spacial score (nSPS) is 20.1. The molecule has 0 saturated carbocycles. The molecule has 1 N–H and O–H groups in total. The van der Waals surface area contributed by atoms with E-state index in [9.17, 15) is 9.59 Å². The largest absolute Gasteiger partial charge is 0.467 e. The lowest BCUT2D eigenvalue weighted by atomic mass is 9.91. The average molecular weight is 613 g/mol. The smallest absolute Gasteiger partial charge is 0.410 e. The van der Waals surface area contributed by atoms with Crippen molar-refractivity contribution in [3.05, 3.63) is 41.7 Å². The molecule has 0 spiro atoms. The molecule has 44 heavy (non-hydrogen) atoms. The van der Waals surface area contributed by atoms with E-state index in [-0.39, 0.29) is 35.3 Å². The van der Waals surface area contributed by atoms with Crippen molar-refractivity contribution in [3.8, 4) is 0 Å². The number of carbonyl (C=O) groups is 2. The first-order valence-corrected chi connectivity index (χ1v) is 15.9. The van der Waals surface area contributed by atoms with Crippen LogP contribution in [0.25, 0.3) is 0 Å². The summed E-state index contributed by atoms with van der Waals surface area (Å²) in [5.74, 6) is 2.10. The third kappa shape index (κ3) is 9.41. The molecule has 2 aromatic rings. The summed E-state index contributed by atoms with van der Waals surface area (Å²) in [5.41, 5.74) is -0.508. The molecule has 0 unspecified atom stereocenters. The van der Waals surface area contributed by atoms with Crippen LogP contribution in [0.5, 0.6) is 0 Å². The number of nitrogens with one attached hydrogen (secondary N) is 1. The van der Waals surface area contributed by atoms with Crippen molar-refractivity contribution in [1.82, 2.24) is 24.7 Å². The van der Waals surface area contributed by atoms with E-state index in [2.05, 4.69) is 29.0 Å². The highest BCUT2D eigenvalue weighted by Gasteiger charge is 2.39. The minimum absolute atomic E-state index is 0.151. The Morgan fingerprint density at radius 2 is 1.86 bits per heavy atom. The maximum absolute atomic E-state index is 14.5. The van der Waals surface area contributed by atoms with Gasteiger partial charge in [0.05, 0.1) is 32.1 Å². The number of nitrogens with zero attached hydrogens (tertiary/aromatic N) is 5. The maximum atomic E-state index is 14.5. The second kappa shape index (κ2) is 14.3. The van der Waals surface area contributed by atoms with Gasteiger partial charge in [-0.3, -0.25) is 9.69 Å². The molecule has 2 atom stereocenters. The lowest BCUT2D eigenvalue weighted by Gasteiger charge is -2.44. The number of morpholine rings is 1. The Kier molecular flexibility index (Phi) is 10.9. The molecule has 2 fully saturated rings. The molecular weight excluding hydrogens is 560 g/mol. The number of rotatable bonds is 9. The molecule has 0 bridgehead atoms. The lowest BCUT2D eigenvalue weighted by molar-refractivity contribution is -0.0104. The zero-order chi connectivity index (χ0) is 32.1. The summed E-state index contributed by atoms with van der Waals surface area (Å²) in [5, 5.41) is 3.34. The third-order valence-electron chi connectivity index (χ3n) is 7.75. The predicted molar refractivity (Wildman–Crippen MR) is 170 cm³/mol. The predicted octanol–water partition coefficient (Wildman–Crippen LogP) is 5.04. The number of amides is 2. The van der Waals surface area contributed by atoms with Crippen LogP contribution >= 0.6 is 0 Å². The SMILES string of the molecule is CC(C)CN(C(=O)c1cnc(C(C)(C)C)nc1NCc1ccco1)[C@H]1C[C@@H](CN2CCOCC2)CN(C(=O)OC(C)(C)C)C1.